The molecule has 4 nitrogen and oxygen atoms in total. The molecule has 1 heterocycles. The van der Waals surface area contributed by atoms with Gasteiger partial charge in [0.25, 0.3) is 5.91 Å². The number of fused-ring (bicyclic) bond motifs is 1. The Morgan fingerprint density at radius 3 is 2.62 bits per heavy atom. The molecular formula is C18H14F2N2O2. The molecule has 24 heavy (non-hydrogen) atoms. The van der Waals surface area contributed by atoms with Crippen LogP contribution >= 0.6 is 0 Å². The van der Waals surface area contributed by atoms with E-state index in [0.29, 0.717) is 27.8 Å². The summed E-state index contributed by atoms with van der Waals surface area (Å²) in [6.45, 7) is 1.66. The van der Waals surface area contributed by atoms with Crippen LogP contribution in [0.2, 0.25) is 0 Å². The van der Waals surface area contributed by atoms with Gasteiger partial charge in [0.1, 0.15) is 5.82 Å². The van der Waals surface area contributed by atoms with Crippen LogP contribution in [0.15, 0.2) is 42.5 Å². The second-order valence-electron chi connectivity index (χ2n) is 5.26. The molecule has 0 saturated carbocycles. The molecule has 0 radical (unpaired) electrons. The van der Waals surface area contributed by atoms with Crippen LogP contribution in [0.25, 0.3) is 10.9 Å². The number of hydrogen-bond acceptors (Lipinski definition) is 3. The molecule has 1 amide bonds. The van der Waals surface area contributed by atoms with E-state index in [0.717, 1.165) is 0 Å². The van der Waals surface area contributed by atoms with Crippen molar-refractivity contribution in [2.45, 2.75) is 6.92 Å². The van der Waals surface area contributed by atoms with Gasteiger partial charge in [0.05, 0.1) is 23.9 Å². The van der Waals surface area contributed by atoms with Crippen molar-refractivity contribution in [1.29, 1.82) is 0 Å². The van der Waals surface area contributed by atoms with E-state index >= 15 is 0 Å². The van der Waals surface area contributed by atoms with Crippen molar-refractivity contribution in [3.8, 4) is 5.75 Å². The summed E-state index contributed by atoms with van der Waals surface area (Å²) in [6, 6.07) is 9.95. The molecule has 1 aromatic heterocycles. The van der Waals surface area contributed by atoms with Crippen molar-refractivity contribution >= 4 is 22.5 Å². The predicted octanol–water partition coefficient (Wildman–Crippen LogP) is 4.08. The maximum atomic E-state index is 13.7. The monoisotopic (exact) mass is 328 g/mol. The number of carbonyl (C=O) groups is 1. The Balaban J connectivity index is 1.92. The molecule has 0 bridgehead atoms. The second-order valence-corrected chi connectivity index (χ2v) is 5.26. The van der Waals surface area contributed by atoms with Crippen LogP contribution in [0.3, 0.4) is 0 Å². The van der Waals surface area contributed by atoms with E-state index in [1.807, 2.05) is 0 Å². The zero-order chi connectivity index (χ0) is 17.3. The largest absolute Gasteiger partial charge is 0.494 e. The predicted molar refractivity (Wildman–Crippen MR) is 87.3 cm³/mol. The number of hydrogen-bond donors (Lipinski definition) is 1. The summed E-state index contributed by atoms with van der Waals surface area (Å²) in [4.78, 5) is 16.7. The molecule has 0 aliphatic carbocycles. The third-order valence-electron chi connectivity index (χ3n) is 3.62. The highest BCUT2D eigenvalue weighted by Gasteiger charge is 2.13. The third kappa shape index (κ3) is 3.03. The molecule has 6 heteroatoms. The van der Waals surface area contributed by atoms with Gasteiger partial charge in [-0.2, -0.15) is 0 Å². The average molecular weight is 328 g/mol. The first kappa shape index (κ1) is 15.9. The number of nitrogens with one attached hydrogen (secondary N) is 1. The lowest BCUT2D eigenvalue weighted by molar-refractivity contribution is 0.102. The van der Waals surface area contributed by atoms with Crippen LogP contribution in [0.5, 0.6) is 5.75 Å². The van der Waals surface area contributed by atoms with Gasteiger partial charge in [0, 0.05) is 23.2 Å². The molecule has 122 valence electrons. The van der Waals surface area contributed by atoms with Crippen molar-refractivity contribution in [3.63, 3.8) is 0 Å². The fourth-order valence-electron chi connectivity index (χ4n) is 2.41. The number of ether oxygens (including phenoxy) is 1. The lowest BCUT2D eigenvalue weighted by Crippen LogP contribution is -2.14. The smallest absolute Gasteiger partial charge is 0.257 e. The van der Waals surface area contributed by atoms with Crippen LogP contribution in [-0.2, 0) is 0 Å². The summed E-state index contributed by atoms with van der Waals surface area (Å²) in [5.74, 6) is -1.28. The topological polar surface area (TPSA) is 51.2 Å². The van der Waals surface area contributed by atoms with Gasteiger partial charge in [-0.05, 0) is 37.3 Å². The minimum atomic E-state index is -0.570. The highest BCUT2D eigenvalue weighted by Crippen LogP contribution is 2.22. The van der Waals surface area contributed by atoms with Crippen LogP contribution in [-0.4, -0.2) is 18.0 Å². The Hall–Kier alpha value is -3.02. The fourth-order valence-corrected chi connectivity index (χ4v) is 2.41. The van der Waals surface area contributed by atoms with E-state index in [9.17, 15) is 13.6 Å². The van der Waals surface area contributed by atoms with Crippen molar-refractivity contribution in [2.24, 2.45) is 0 Å². The van der Waals surface area contributed by atoms with Gasteiger partial charge < -0.3 is 10.1 Å². The Bertz CT molecular complexity index is 942. The average Bonchev–Trinajstić information content (AvgIpc) is 2.54. The van der Waals surface area contributed by atoms with Gasteiger partial charge in [-0.15, -0.1) is 0 Å². The van der Waals surface area contributed by atoms with E-state index in [1.165, 1.54) is 31.4 Å². The first-order valence-corrected chi connectivity index (χ1v) is 7.20. The maximum Gasteiger partial charge on any atom is 0.257 e. The number of methoxy groups -OCH3 is 1. The first-order valence-electron chi connectivity index (χ1n) is 7.20. The third-order valence-corrected chi connectivity index (χ3v) is 3.62. The molecule has 0 atom stereocenters. The number of aryl methyl sites for hydroxylation is 1. The Labute approximate surface area is 137 Å². The fraction of sp³-hybridized carbons (Fsp3) is 0.111. The number of carbonyl (C=O) groups excluding carboxylic acids is 1. The summed E-state index contributed by atoms with van der Waals surface area (Å²) in [5, 5.41) is 3.27. The minimum Gasteiger partial charge on any atom is -0.494 e. The number of aromatic nitrogens is 1. The molecule has 0 fully saturated rings. The quantitative estimate of drug-likeness (QED) is 0.788. The van der Waals surface area contributed by atoms with Crippen molar-refractivity contribution < 1.29 is 18.3 Å². The molecular weight excluding hydrogens is 314 g/mol. The molecule has 0 aliphatic rings. The van der Waals surface area contributed by atoms with Crippen LogP contribution in [0.1, 0.15) is 16.1 Å². The number of pyridine rings is 1. The molecule has 1 N–H and O–H groups in total. The van der Waals surface area contributed by atoms with Crippen molar-refractivity contribution in [1.82, 2.24) is 4.98 Å². The number of rotatable bonds is 3. The lowest BCUT2D eigenvalue weighted by Gasteiger charge is -2.10. The number of amides is 1. The summed E-state index contributed by atoms with van der Waals surface area (Å²) >= 11 is 0. The van der Waals surface area contributed by atoms with Crippen molar-refractivity contribution in [2.75, 3.05) is 12.4 Å². The highest BCUT2D eigenvalue weighted by molar-refractivity contribution is 6.06. The molecule has 0 unspecified atom stereocenters. The molecule has 0 aliphatic heterocycles. The normalized spacial score (nSPS) is 10.7. The SMILES string of the molecule is COc1ccc(NC(=O)c2cc3ccc(F)cc3nc2C)cc1F. The Morgan fingerprint density at radius 2 is 1.92 bits per heavy atom. The Kier molecular flexibility index (Phi) is 4.12. The van der Waals surface area contributed by atoms with Gasteiger partial charge in [-0.1, -0.05) is 0 Å². The van der Waals surface area contributed by atoms with Crippen LogP contribution in [0, 0.1) is 18.6 Å². The summed E-state index contributed by atoms with van der Waals surface area (Å²) in [6.07, 6.45) is 0. The number of halogens is 2. The first-order chi connectivity index (χ1) is 11.5. The zero-order valence-electron chi connectivity index (χ0n) is 13.1. The van der Waals surface area contributed by atoms with E-state index < -0.39 is 11.7 Å². The number of benzene rings is 2. The molecule has 0 saturated heterocycles. The molecule has 3 rings (SSSR count). The van der Waals surface area contributed by atoms with E-state index in [2.05, 4.69) is 10.3 Å². The van der Waals surface area contributed by atoms with Gasteiger partial charge >= 0.3 is 0 Å². The second kappa shape index (κ2) is 6.23. The standard InChI is InChI=1S/C18H14F2N2O2/c1-10-14(7-11-3-4-12(19)8-16(11)21-10)18(23)22-13-5-6-17(24-2)15(20)9-13/h3-9H,1-2H3,(H,22,23). The molecule has 0 spiro atoms. The zero-order valence-corrected chi connectivity index (χ0v) is 13.1. The van der Waals surface area contributed by atoms with Gasteiger partial charge in [-0.25, -0.2) is 8.78 Å². The maximum absolute atomic E-state index is 13.7. The van der Waals surface area contributed by atoms with Crippen LogP contribution in [0.4, 0.5) is 14.5 Å². The highest BCUT2D eigenvalue weighted by atomic mass is 19.1. The van der Waals surface area contributed by atoms with E-state index in [4.69, 9.17) is 4.74 Å². The van der Waals surface area contributed by atoms with Crippen LogP contribution < -0.4 is 10.1 Å². The molecule has 3 aromatic rings. The lowest BCUT2D eigenvalue weighted by atomic mass is 10.1. The minimum absolute atomic E-state index is 0.0959. The number of nitrogens with zero attached hydrogens (tertiary/aromatic N) is 1. The molecule has 2 aromatic carbocycles. The van der Waals surface area contributed by atoms with Crippen molar-refractivity contribution in [3.05, 3.63) is 65.4 Å². The van der Waals surface area contributed by atoms with Gasteiger partial charge in [-0.3, -0.25) is 9.78 Å². The summed E-state index contributed by atoms with van der Waals surface area (Å²) in [7, 11) is 1.36. The Morgan fingerprint density at radius 1 is 1.12 bits per heavy atom. The van der Waals surface area contributed by atoms with Gasteiger partial charge in [0.15, 0.2) is 11.6 Å². The summed E-state index contributed by atoms with van der Waals surface area (Å²) in [5.41, 5.74) is 1.57. The van der Waals surface area contributed by atoms with E-state index in [1.54, 1.807) is 25.1 Å². The summed E-state index contributed by atoms with van der Waals surface area (Å²) < 4.78 is 31.8. The van der Waals surface area contributed by atoms with E-state index in [-0.39, 0.29) is 11.6 Å². The number of anilines is 1. The van der Waals surface area contributed by atoms with Gasteiger partial charge in [0.2, 0.25) is 0 Å².